The zero-order valence-electron chi connectivity index (χ0n) is 44.9. The van der Waals surface area contributed by atoms with Crippen LogP contribution in [0.2, 0.25) is 0 Å². The molecule has 2 amide bonds. The van der Waals surface area contributed by atoms with Crippen LogP contribution in [-0.4, -0.2) is 146 Å². The summed E-state index contributed by atoms with van der Waals surface area (Å²) < 4.78 is 22.0. The summed E-state index contributed by atoms with van der Waals surface area (Å²) in [6.45, 7) is 8.12. The standard InChI is InChI=1S/C32H44N2O6.C28H38N2O5/c1-3-4-16-33(17-8-18-35)30(36)22-34-21-26(24-13-14-29-25(20-24)15-19-40-29)31(32(37)38)27(34)11-7-10-23-9-5-6-12-28(23)39-2;1-4-5-17-29-26(31)19-30-18-23(20-13-15-22(34-2)16-14-20)27(28(32)33)24(30)11-8-10-21-9-6-7-12-25(21)35-3/h5-6,9,12-14,20,26-27,31,35H,3-4,7-8,10-11,15-19,21-22H2,1-2H3,(H,37,38);6-7,9,12-16,23-24,27H,4-5,8,10-11,17-19H2,1-3H3,(H,29,31)(H,32,33)/t26-,27+,31-;23-,24+,27-/m11/s1. The van der Waals surface area contributed by atoms with Crippen molar-refractivity contribution >= 4 is 23.8 Å². The van der Waals surface area contributed by atoms with Gasteiger partial charge in [-0.05, 0) is 116 Å². The summed E-state index contributed by atoms with van der Waals surface area (Å²) in [4.78, 5) is 57.5. The summed E-state index contributed by atoms with van der Waals surface area (Å²) in [5.74, 6) is -0.00503. The second kappa shape index (κ2) is 29.8. The fourth-order valence-corrected chi connectivity index (χ4v) is 11.4. The number of ether oxygens (including phenoxy) is 4. The van der Waals surface area contributed by atoms with Crippen LogP contribution in [0, 0.1) is 11.8 Å². The van der Waals surface area contributed by atoms with E-state index in [-0.39, 0.29) is 55.4 Å². The number of methoxy groups -OCH3 is 3. The molecule has 0 aromatic heterocycles. The van der Waals surface area contributed by atoms with Crippen molar-refractivity contribution in [3.05, 3.63) is 119 Å². The molecule has 4 N–H and O–H groups in total. The lowest BCUT2D eigenvalue weighted by Gasteiger charge is -2.30. The van der Waals surface area contributed by atoms with E-state index in [4.69, 9.17) is 18.9 Å². The number of benzene rings is 4. The van der Waals surface area contributed by atoms with Crippen molar-refractivity contribution in [2.24, 2.45) is 11.8 Å². The number of unbranched alkanes of at least 4 members (excludes halogenated alkanes) is 2. The first kappa shape index (κ1) is 58.1. The molecule has 15 nitrogen and oxygen atoms in total. The van der Waals surface area contributed by atoms with Crippen LogP contribution >= 0.6 is 0 Å². The maximum absolute atomic E-state index is 13.5. The van der Waals surface area contributed by atoms with E-state index in [1.54, 1.807) is 21.3 Å². The van der Waals surface area contributed by atoms with Crippen molar-refractivity contribution in [1.82, 2.24) is 20.0 Å². The molecule has 3 aliphatic rings. The van der Waals surface area contributed by atoms with Gasteiger partial charge in [-0.15, -0.1) is 0 Å². The Hall–Kier alpha value is -6.16. The van der Waals surface area contributed by atoms with Gasteiger partial charge in [-0.25, -0.2) is 0 Å². The molecule has 0 bridgehead atoms. The molecule has 0 radical (unpaired) electrons. The fourth-order valence-electron chi connectivity index (χ4n) is 11.4. The Kier molecular flexibility index (Phi) is 23.1. The monoisotopic (exact) mass is 1030 g/mol. The number of hydrogen-bond donors (Lipinski definition) is 4. The number of carbonyl (C=O) groups excluding carboxylic acids is 2. The van der Waals surface area contributed by atoms with Gasteiger partial charge in [0.2, 0.25) is 11.8 Å². The third kappa shape index (κ3) is 15.9. The Labute approximate surface area is 444 Å². The number of carboxylic acid groups (broad SMARTS) is 2. The maximum atomic E-state index is 13.5. The molecule has 408 valence electrons. The number of aryl methyl sites for hydroxylation is 2. The first-order valence-electron chi connectivity index (χ1n) is 27.2. The largest absolute Gasteiger partial charge is 0.497 e. The second-order valence-corrected chi connectivity index (χ2v) is 20.1. The first-order valence-corrected chi connectivity index (χ1v) is 27.2. The number of hydrogen-bond acceptors (Lipinski definition) is 11. The highest BCUT2D eigenvalue weighted by Crippen LogP contribution is 2.43. The highest BCUT2D eigenvalue weighted by molar-refractivity contribution is 5.80. The smallest absolute Gasteiger partial charge is 0.308 e. The minimum Gasteiger partial charge on any atom is -0.497 e. The molecule has 75 heavy (non-hydrogen) atoms. The SMILES string of the molecule is CCCCN(CCCO)C(=O)CN1C[C@H](c2ccc3c(c2)CCO3)[C@@H](C(=O)O)[C@@H]1CCCc1ccccc1OC.CCCCNC(=O)CN1C[C@H](c2ccc(OC)cc2)[C@@H](C(=O)O)[C@@H]1CCCc1ccccc1OC. The van der Waals surface area contributed by atoms with Crippen LogP contribution in [-0.2, 0) is 38.4 Å². The normalized spacial score (nSPS) is 20.1. The molecule has 3 heterocycles. The van der Waals surface area contributed by atoms with Gasteiger partial charge in [-0.1, -0.05) is 87.4 Å². The van der Waals surface area contributed by atoms with Crippen molar-refractivity contribution in [3.63, 3.8) is 0 Å². The van der Waals surface area contributed by atoms with Crippen LogP contribution in [0.25, 0.3) is 0 Å². The summed E-state index contributed by atoms with van der Waals surface area (Å²) in [5, 5.41) is 33.1. The van der Waals surface area contributed by atoms with Crippen LogP contribution in [0.5, 0.6) is 23.0 Å². The average molecular weight is 1040 g/mol. The molecule has 0 aliphatic carbocycles. The summed E-state index contributed by atoms with van der Waals surface area (Å²) in [6.07, 6.45) is 9.68. The highest BCUT2D eigenvalue weighted by atomic mass is 16.5. The Bertz CT molecular complexity index is 2430. The van der Waals surface area contributed by atoms with Crippen LogP contribution in [0.4, 0.5) is 0 Å². The van der Waals surface area contributed by atoms with Crippen molar-refractivity contribution < 1.29 is 53.4 Å². The fraction of sp³-hybridized carbons (Fsp3) is 0.533. The van der Waals surface area contributed by atoms with Gasteiger partial charge in [0.1, 0.15) is 23.0 Å². The number of aliphatic hydroxyl groups is 1. The number of likely N-dealkylation sites (tertiary alicyclic amines) is 2. The highest BCUT2D eigenvalue weighted by Gasteiger charge is 2.48. The summed E-state index contributed by atoms with van der Waals surface area (Å²) >= 11 is 0. The number of para-hydroxylation sites is 2. The maximum Gasteiger partial charge on any atom is 0.308 e. The van der Waals surface area contributed by atoms with E-state index in [2.05, 4.69) is 35.0 Å². The summed E-state index contributed by atoms with van der Waals surface area (Å²) in [5.41, 5.74) is 5.29. The van der Waals surface area contributed by atoms with Gasteiger partial charge in [-0.2, -0.15) is 0 Å². The zero-order valence-corrected chi connectivity index (χ0v) is 44.9. The summed E-state index contributed by atoms with van der Waals surface area (Å²) in [7, 11) is 4.94. The Morgan fingerprint density at radius 3 is 1.76 bits per heavy atom. The van der Waals surface area contributed by atoms with Gasteiger partial charge < -0.3 is 44.5 Å². The van der Waals surface area contributed by atoms with Crippen LogP contribution in [0.15, 0.2) is 91.0 Å². The van der Waals surface area contributed by atoms with Crippen molar-refractivity contribution in [3.8, 4) is 23.0 Å². The third-order valence-electron chi connectivity index (χ3n) is 15.3. The lowest BCUT2D eigenvalue weighted by atomic mass is 9.83. The third-order valence-corrected chi connectivity index (χ3v) is 15.3. The van der Waals surface area contributed by atoms with Gasteiger partial charge >= 0.3 is 11.9 Å². The van der Waals surface area contributed by atoms with E-state index in [1.165, 1.54) is 0 Å². The van der Waals surface area contributed by atoms with Crippen LogP contribution in [0.3, 0.4) is 0 Å². The molecule has 15 heteroatoms. The molecule has 4 aromatic rings. The lowest BCUT2D eigenvalue weighted by molar-refractivity contribution is -0.144. The van der Waals surface area contributed by atoms with E-state index in [1.807, 2.05) is 89.8 Å². The van der Waals surface area contributed by atoms with E-state index >= 15 is 0 Å². The molecule has 3 aliphatic heterocycles. The number of amides is 2. The molecule has 4 aromatic carbocycles. The van der Waals surface area contributed by atoms with Gasteiger partial charge in [0.25, 0.3) is 0 Å². The van der Waals surface area contributed by atoms with Crippen molar-refractivity contribution in [2.75, 3.05) is 80.4 Å². The predicted molar refractivity (Wildman–Crippen MR) is 290 cm³/mol. The molecule has 7 rings (SSSR count). The summed E-state index contributed by atoms with van der Waals surface area (Å²) in [6, 6.07) is 29.0. The van der Waals surface area contributed by atoms with Gasteiger partial charge in [0.05, 0.1) is 52.9 Å². The molecule has 0 spiro atoms. The quantitative estimate of drug-likeness (QED) is 0.0399. The Morgan fingerprint density at radius 2 is 1.21 bits per heavy atom. The Balaban J connectivity index is 0.000000246. The van der Waals surface area contributed by atoms with Crippen molar-refractivity contribution in [1.29, 1.82) is 0 Å². The van der Waals surface area contributed by atoms with E-state index in [9.17, 15) is 34.5 Å². The number of nitrogens with zero attached hydrogens (tertiary/aromatic N) is 3. The molecule has 0 unspecified atom stereocenters. The molecule has 2 fully saturated rings. The number of carboxylic acids is 2. The minimum atomic E-state index is -0.818. The molecular weight excluding hydrogens is 953 g/mol. The number of fused-ring (bicyclic) bond motifs is 1. The average Bonchev–Trinajstić information content (AvgIpc) is 4.15. The zero-order chi connectivity index (χ0) is 53.7. The molecular formula is C60H82N4O11. The minimum absolute atomic E-state index is 0.00349. The number of rotatable bonds is 28. The van der Waals surface area contributed by atoms with Gasteiger partial charge in [-0.3, -0.25) is 29.0 Å². The number of nitrogens with one attached hydrogen (secondary N) is 1. The van der Waals surface area contributed by atoms with Gasteiger partial charge in [0.15, 0.2) is 0 Å². The molecule has 0 saturated carbocycles. The number of carbonyl (C=O) groups is 4. The van der Waals surface area contributed by atoms with E-state index < -0.39 is 23.8 Å². The van der Waals surface area contributed by atoms with E-state index in [0.29, 0.717) is 58.6 Å². The Morgan fingerprint density at radius 1 is 0.667 bits per heavy atom. The lowest BCUT2D eigenvalue weighted by Crippen LogP contribution is -2.44. The van der Waals surface area contributed by atoms with Crippen molar-refractivity contribution in [2.45, 2.75) is 115 Å². The number of aliphatic hydroxyl groups excluding tert-OH is 1. The van der Waals surface area contributed by atoms with Gasteiger partial charge in [0, 0.05) is 69.7 Å². The molecule has 6 atom stereocenters. The topological polar surface area (TPSA) is 188 Å². The second-order valence-electron chi connectivity index (χ2n) is 20.1. The van der Waals surface area contributed by atoms with Crippen LogP contribution in [0.1, 0.15) is 111 Å². The van der Waals surface area contributed by atoms with E-state index in [0.717, 1.165) is 109 Å². The number of aliphatic carboxylic acids is 2. The van der Waals surface area contributed by atoms with Crippen LogP contribution < -0.4 is 24.3 Å². The predicted octanol–water partition coefficient (Wildman–Crippen LogP) is 8.24. The first-order chi connectivity index (χ1) is 36.4. The molecule has 2 saturated heterocycles.